The minimum atomic E-state index is -0.858. The van der Waals surface area contributed by atoms with E-state index in [1.165, 1.54) is 0 Å². The van der Waals surface area contributed by atoms with Crippen LogP contribution in [0.25, 0.3) is 0 Å². The third kappa shape index (κ3) is 5.73. The number of hydrogen-bond donors (Lipinski definition) is 2. The number of hydrogen-bond acceptors (Lipinski definition) is 3. The molecule has 0 saturated heterocycles. The van der Waals surface area contributed by atoms with Crippen molar-refractivity contribution < 1.29 is 19.4 Å². The number of nitrogens with one attached hydrogen (secondary N) is 1. The molecule has 5 heteroatoms. The van der Waals surface area contributed by atoms with E-state index in [2.05, 4.69) is 5.32 Å². The van der Waals surface area contributed by atoms with E-state index in [1.807, 2.05) is 6.92 Å². The molecule has 20 heavy (non-hydrogen) atoms. The van der Waals surface area contributed by atoms with Gasteiger partial charge in [0.2, 0.25) is 0 Å². The first-order valence-electron chi connectivity index (χ1n) is 6.78. The second-order valence-corrected chi connectivity index (χ2v) is 4.68. The van der Waals surface area contributed by atoms with E-state index < -0.39 is 5.97 Å². The van der Waals surface area contributed by atoms with E-state index in [4.69, 9.17) is 9.84 Å². The Morgan fingerprint density at radius 3 is 2.50 bits per heavy atom. The number of carboxylic acids is 1. The third-order valence-electron chi connectivity index (χ3n) is 2.76. The Morgan fingerprint density at radius 2 is 1.95 bits per heavy atom. The number of carbonyl (C=O) groups is 2. The molecular weight excluding hydrogens is 258 g/mol. The van der Waals surface area contributed by atoms with Crippen molar-refractivity contribution >= 4 is 11.9 Å². The van der Waals surface area contributed by atoms with Crippen LogP contribution in [0.1, 0.15) is 43.5 Å². The highest BCUT2D eigenvalue weighted by Gasteiger charge is 2.11. The maximum Gasteiger partial charge on any atom is 0.303 e. The molecule has 5 nitrogen and oxygen atoms in total. The lowest BCUT2D eigenvalue weighted by Gasteiger charge is -2.13. The molecule has 0 aliphatic heterocycles. The fourth-order valence-electron chi connectivity index (χ4n) is 1.64. The van der Waals surface area contributed by atoms with Crippen LogP contribution in [0.2, 0.25) is 0 Å². The van der Waals surface area contributed by atoms with Gasteiger partial charge in [-0.2, -0.15) is 0 Å². The Morgan fingerprint density at radius 1 is 1.30 bits per heavy atom. The summed E-state index contributed by atoms with van der Waals surface area (Å²) in [5, 5.41) is 11.4. The van der Waals surface area contributed by atoms with Crippen molar-refractivity contribution in [1.29, 1.82) is 0 Å². The molecule has 0 aromatic heterocycles. The third-order valence-corrected chi connectivity index (χ3v) is 2.76. The van der Waals surface area contributed by atoms with Crippen molar-refractivity contribution in [3.8, 4) is 5.75 Å². The quantitative estimate of drug-likeness (QED) is 0.766. The molecule has 110 valence electrons. The summed E-state index contributed by atoms with van der Waals surface area (Å²) in [5.74, 6) is -0.323. The van der Waals surface area contributed by atoms with Gasteiger partial charge in [0.1, 0.15) is 5.75 Å². The highest BCUT2D eigenvalue weighted by atomic mass is 16.5. The molecule has 1 rings (SSSR count). The van der Waals surface area contributed by atoms with Crippen LogP contribution in [0.4, 0.5) is 0 Å². The van der Waals surface area contributed by atoms with Gasteiger partial charge >= 0.3 is 5.97 Å². The number of carbonyl (C=O) groups excluding carboxylic acids is 1. The molecule has 1 unspecified atom stereocenters. The Balaban J connectivity index is 2.48. The predicted octanol–water partition coefficient (Wildman–Crippen LogP) is 2.46. The van der Waals surface area contributed by atoms with E-state index in [9.17, 15) is 9.59 Å². The summed E-state index contributed by atoms with van der Waals surface area (Å²) in [5.41, 5.74) is 0.538. The fourth-order valence-corrected chi connectivity index (χ4v) is 1.64. The largest absolute Gasteiger partial charge is 0.494 e. The molecule has 1 aromatic rings. The highest BCUT2D eigenvalue weighted by Crippen LogP contribution is 2.12. The fraction of sp³-hybridized carbons (Fsp3) is 0.467. The van der Waals surface area contributed by atoms with Crippen LogP contribution in [0.15, 0.2) is 24.3 Å². The van der Waals surface area contributed by atoms with Crippen LogP contribution in [-0.2, 0) is 4.79 Å². The van der Waals surface area contributed by atoms with Crippen molar-refractivity contribution in [3.05, 3.63) is 29.8 Å². The molecule has 0 fully saturated rings. The zero-order valence-electron chi connectivity index (χ0n) is 11.9. The monoisotopic (exact) mass is 279 g/mol. The minimum Gasteiger partial charge on any atom is -0.494 e. The molecule has 1 aromatic carbocycles. The summed E-state index contributed by atoms with van der Waals surface area (Å²) in [4.78, 5) is 22.4. The first-order chi connectivity index (χ1) is 9.52. The van der Waals surface area contributed by atoms with Crippen LogP contribution >= 0.6 is 0 Å². The Hall–Kier alpha value is -2.04. The molecule has 0 bridgehead atoms. The van der Waals surface area contributed by atoms with Gasteiger partial charge in [-0.15, -0.1) is 0 Å². The number of aliphatic carboxylic acids is 1. The van der Waals surface area contributed by atoms with E-state index in [1.54, 1.807) is 31.2 Å². The van der Waals surface area contributed by atoms with Crippen molar-refractivity contribution in [2.24, 2.45) is 0 Å². The molecule has 2 N–H and O–H groups in total. The second kappa shape index (κ2) is 8.19. The number of amides is 1. The van der Waals surface area contributed by atoms with E-state index in [0.29, 0.717) is 18.6 Å². The highest BCUT2D eigenvalue weighted by molar-refractivity contribution is 5.94. The lowest BCUT2D eigenvalue weighted by atomic mass is 10.1. The molecular formula is C15H21NO4. The second-order valence-electron chi connectivity index (χ2n) is 4.68. The van der Waals surface area contributed by atoms with Gasteiger partial charge in [-0.05, 0) is 44.0 Å². The van der Waals surface area contributed by atoms with Gasteiger partial charge in [-0.25, -0.2) is 0 Å². The molecule has 1 amide bonds. The van der Waals surface area contributed by atoms with Gasteiger partial charge in [0.05, 0.1) is 6.61 Å². The van der Waals surface area contributed by atoms with Gasteiger partial charge in [-0.1, -0.05) is 6.92 Å². The summed E-state index contributed by atoms with van der Waals surface area (Å²) in [6.07, 6.45) is 1.40. The van der Waals surface area contributed by atoms with Crippen molar-refractivity contribution in [2.75, 3.05) is 6.61 Å². The zero-order chi connectivity index (χ0) is 15.0. The smallest absolute Gasteiger partial charge is 0.303 e. The lowest BCUT2D eigenvalue weighted by molar-refractivity contribution is -0.137. The van der Waals surface area contributed by atoms with Crippen LogP contribution in [0.3, 0.4) is 0 Å². The maximum atomic E-state index is 11.9. The Bertz CT molecular complexity index is 442. The molecule has 0 aliphatic carbocycles. The van der Waals surface area contributed by atoms with Crippen molar-refractivity contribution in [2.45, 2.75) is 39.2 Å². The van der Waals surface area contributed by atoms with E-state index in [0.717, 1.165) is 12.2 Å². The molecule has 0 aliphatic rings. The maximum absolute atomic E-state index is 11.9. The molecule has 1 atom stereocenters. The van der Waals surface area contributed by atoms with E-state index >= 15 is 0 Å². The van der Waals surface area contributed by atoms with Crippen LogP contribution in [0.5, 0.6) is 5.75 Å². The number of benzene rings is 1. The summed E-state index contributed by atoms with van der Waals surface area (Å²) in [6.45, 7) is 4.47. The van der Waals surface area contributed by atoms with Crippen molar-refractivity contribution in [1.82, 2.24) is 5.32 Å². The van der Waals surface area contributed by atoms with Gasteiger partial charge in [0.25, 0.3) is 5.91 Å². The van der Waals surface area contributed by atoms with Crippen LogP contribution < -0.4 is 10.1 Å². The first kappa shape index (κ1) is 16.0. The summed E-state index contributed by atoms with van der Waals surface area (Å²) in [7, 11) is 0. The SMILES string of the molecule is CCCOc1ccc(C(=O)NC(C)CCC(=O)O)cc1. The normalized spacial score (nSPS) is 11.7. The Kier molecular flexibility index (Phi) is 6.56. The molecule has 0 radical (unpaired) electrons. The predicted molar refractivity (Wildman–Crippen MR) is 76.0 cm³/mol. The summed E-state index contributed by atoms with van der Waals surface area (Å²) < 4.78 is 5.44. The van der Waals surface area contributed by atoms with E-state index in [-0.39, 0.29) is 18.4 Å². The lowest BCUT2D eigenvalue weighted by Crippen LogP contribution is -2.32. The average molecular weight is 279 g/mol. The van der Waals surface area contributed by atoms with Gasteiger partial charge < -0.3 is 15.2 Å². The standard InChI is InChI=1S/C15H21NO4/c1-3-10-20-13-7-5-12(6-8-13)15(19)16-11(2)4-9-14(17)18/h5-8,11H,3-4,9-10H2,1-2H3,(H,16,19)(H,17,18). The number of ether oxygens (including phenoxy) is 1. The van der Waals surface area contributed by atoms with Gasteiger partial charge in [-0.3, -0.25) is 9.59 Å². The van der Waals surface area contributed by atoms with Crippen LogP contribution in [-0.4, -0.2) is 29.6 Å². The average Bonchev–Trinajstić information content (AvgIpc) is 2.43. The topological polar surface area (TPSA) is 75.6 Å². The van der Waals surface area contributed by atoms with Gasteiger partial charge in [0.15, 0.2) is 0 Å². The zero-order valence-corrected chi connectivity index (χ0v) is 11.9. The van der Waals surface area contributed by atoms with Crippen LogP contribution in [0, 0.1) is 0 Å². The molecule has 0 heterocycles. The summed E-state index contributed by atoms with van der Waals surface area (Å²) >= 11 is 0. The minimum absolute atomic E-state index is 0.0469. The first-order valence-corrected chi connectivity index (χ1v) is 6.78. The Labute approximate surface area is 118 Å². The van der Waals surface area contributed by atoms with Crippen molar-refractivity contribution in [3.63, 3.8) is 0 Å². The summed E-state index contributed by atoms with van der Waals surface area (Å²) in [6, 6.07) is 6.74. The molecule has 0 spiro atoms. The molecule has 0 saturated carbocycles. The number of carboxylic acid groups (broad SMARTS) is 1. The number of rotatable bonds is 8. The van der Waals surface area contributed by atoms with Gasteiger partial charge in [0, 0.05) is 18.0 Å².